The van der Waals surface area contributed by atoms with E-state index in [1.807, 2.05) is 0 Å². The van der Waals surface area contributed by atoms with Crippen molar-refractivity contribution in [3.8, 4) is 0 Å². The van der Waals surface area contributed by atoms with Gasteiger partial charge in [0.1, 0.15) is 12.7 Å². The lowest BCUT2D eigenvalue weighted by Crippen LogP contribution is -2.42. The average Bonchev–Trinajstić information content (AvgIpc) is 3.42. The van der Waals surface area contributed by atoms with Crippen LogP contribution in [0.15, 0.2) is 72.9 Å². The van der Waals surface area contributed by atoms with Gasteiger partial charge in [0, 0.05) is 12.8 Å². The number of likely N-dealkylation sites (N-methyl/N-ethyl adjacent to an activating group) is 1. The number of hydrogen-bond acceptors (Lipinski definition) is 9. The highest BCUT2D eigenvalue weighted by Gasteiger charge is 2.49. The van der Waals surface area contributed by atoms with Crippen molar-refractivity contribution >= 4 is 17.9 Å². The lowest BCUT2D eigenvalue weighted by Gasteiger charge is -2.23. The van der Waals surface area contributed by atoms with Crippen LogP contribution in [0.25, 0.3) is 0 Å². The molecule has 9 nitrogen and oxygen atoms in total. The van der Waals surface area contributed by atoms with Gasteiger partial charge in [-0.05, 0) is 91.1 Å². The van der Waals surface area contributed by atoms with Crippen LogP contribution in [0.2, 0.25) is 0 Å². The molecule has 0 aromatic heterocycles. The number of unbranched alkanes of at least 4 members (excludes halogenated alkanes) is 10. The quantitative estimate of drug-likeness (QED) is 0.0310. The molecule has 1 unspecified atom stereocenters. The molecule has 1 aliphatic heterocycles. The number of carbonyl (C=O) groups excluding carboxylic acids is 3. The fourth-order valence-electron chi connectivity index (χ4n) is 5.79. The summed E-state index contributed by atoms with van der Waals surface area (Å²) in [6.45, 7) is 4.10. The van der Waals surface area contributed by atoms with Crippen molar-refractivity contribution in [2.24, 2.45) is 0 Å². The summed E-state index contributed by atoms with van der Waals surface area (Å²) in [6.07, 6.45) is 39.7. The molecule has 0 amide bonds. The Balaban J connectivity index is 2.42. The average molecular weight is 756 g/mol. The first-order valence-corrected chi connectivity index (χ1v) is 20.7. The summed E-state index contributed by atoms with van der Waals surface area (Å²) < 4.78 is 22.3. The molecular weight excluding hydrogens is 682 g/mol. The van der Waals surface area contributed by atoms with Crippen LogP contribution in [0.3, 0.4) is 0 Å². The number of allylic oxidation sites excluding steroid dienone is 12. The van der Waals surface area contributed by atoms with Crippen molar-refractivity contribution in [1.82, 2.24) is 4.90 Å². The molecule has 4 atom stereocenters. The number of rotatable bonds is 32. The van der Waals surface area contributed by atoms with Gasteiger partial charge in [-0.25, -0.2) is 0 Å². The van der Waals surface area contributed by atoms with Gasteiger partial charge in [0.15, 0.2) is 18.5 Å². The van der Waals surface area contributed by atoms with Gasteiger partial charge in [-0.15, -0.1) is 0 Å². The molecule has 0 aromatic carbocycles. The second-order valence-electron chi connectivity index (χ2n) is 14.1. The van der Waals surface area contributed by atoms with Crippen LogP contribution in [0.1, 0.15) is 142 Å². The van der Waals surface area contributed by atoms with Gasteiger partial charge in [-0.1, -0.05) is 125 Å². The highest BCUT2D eigenvalue weighted by atomic mass is 16.7. The first kappa shape index (κ1) is 48.7. The molecule has 54 heavy (non-hydrogen) atoms. The first-order chi connectivity index (χ1) is 26.3. The van der Waals surface area contributed by atoms with Gasteiger partial charge in [-0.2, -0.15) is 0 Å². The minimum Gasteiger partial charge on any atom is -0.462 e. The van der Waals surface area contributed by atoms with Crippen LogP contribution in [-0.2, 0) is 33.3 Å². The largest absolute Gasteiger partial charge is 0.462 e. The van der Waals surface area contributed by atoms with Crippen LogP contribution in [0.5, 0.6) is 0 Å². The summed E-state index contributed by atoms with van der Waals surface area (Å²) >= 11 is 0. The second kappa shape index (κ2) is 34.2. The smallest absolute Gasteiger partial charge is 0.320 e. The maximum Gasteiger partial charge on any atom is 0.320 e. The topological polar surface area (TPSA) is 112 Å². The predicted octanol–water partition coefficient (Wildman–Crippen LogP) is 9.81. The zero-order valence-electron chi connectivity index (χ0n) is 34.0. The molecule has 1 saturated heterocycles. The highest BCUT2D eigenvalue weighted by Crippen LogP contribution is 2.27. The Morgan fingerprint density at radius 1 is 0.556 bits per heavy atom. The van der Waals surface area contributed by atoms with E-state index in [4.69, 9.17) is 18.9 Å². The van der Waals surface area contributed by atoms with Gasteiger partial charge < -0.3 is 24.1 Å². The second-order valence-corrected chi connectivity index (χ2v) is 14.1. The molecule has 9 heteroatoms. The van der Waals surface area contributed by atoms with Crippen molar-refractivity contribution in [2.45, 2.75) is 167 Å². The zero-order valence-corrected chi connectivity index (χ0v) is 34.0. The molecule has 306 valence electrons. The molecule has 0 aliphatic carbocycles. The van der Waals surface area contributed by atoms with Gasteiger partial charge >= 0.3 is 17.9 Å². The molecule has 0 bridgehead atoms. The van der Waals surface area contributed by atoms with Crippen molar-refractivity contribution < 1.29 is 38.4 Å². The van der Waals surface area contributed by atoms with E-state index in [9.17, 15) is 19.5 Å². The molecule has 0 radical (unpaired) electrons. The molecular formula is C45H73NO8. The van der Waals surface area contributed by atoms with Crippen LogP contribution >= 0.6 is 0 Å². The van der Waals surface area contributed by atoms with Gasteiger partial charge in [0.05, 0.1) is 6.54 Å². The first-order valence-electron chi connectivity index (χ1n) is 20.7. The maximum absolute atomic E-state index is 12.9. The summed E-state index contributed by atoms with van der Waals surface area (Å²) in [4.78, 5) is 39.5. The van der Waals surface area contributed by atoms with E-state index in [0.717, 1.165) is 103 Å². The zero-order chi connectivity index (χ0) is 39.5. The van der Waals surface area contributed by atoms with Gasteiger partial charge in [0.25, 0.3) is 0 Å². The predicted molar refractivity (Wildman–Crippen MR) is 219 cm³/mol. The van der Waals surface area contributed by atoms with E-state index in [1.54, 1.807) is 19.0 Å². The molecule has 1 aliphatic rings. The van der Waals surface area contributed by atoms with Crippen molar-refractivity contribution in [3.63, 3.8) is 0 Å². The number of carbonyl (C=O) groups is 3. The number of aliphatic hydroxyl groups excluding tert-OH is 1. The van der Waals surface area contributed by atoms with Crippen molar-refractivity contribution in [3.05, 3.63) is 72.9 Å². The maximum atomic E-state index is 12.9. The van der Waals surface area contributed by atoms with Crippen LogP contribution in [0.4, 0.5) is 0 Å². The fraction of sp³-hybridized carbons (Fsp3) is 0.667. The van der Waals surface area contributed by atoms with Gasteiger partial charge in [0.2, 0.25) is 0 Å². The summed E-state index contributed by atoms with van der Waals surface area (Å²) in [5.74, 6) is -1.43. The van der Waals surface area contributed by atoms with Crippen LogP contribution in [0, 0.1) is 0 Å². The number of hydrogen-bond donors (Lipinski definition) is 1. The summed E-state index contributed by atoms with van der Waals surface area (Å²) in [5, 5.41) is 10.7. The Bertz CT molecular complexity index is 1150. The Morgan fingerprint density at radius 3 is 1.43 bits per heavy atom. The molecule has 0 spiro atoms. The van der Waals surface area contributed by atoms with Crippen molar-refractivity contribution in [1.29, 1.82) is 0 Å². The third-order valence-electron chi connectivity index (χ3n) is 8.74. The number of nitrogens with zero attached hydrogens (tertiary/aromatic N) is 1. The van der Waals surface area contributed by atoms with E-state index < -0.39 is 42.5 Å². The Kier molecular flexibility index (Phi) is 30.9. The monoisotopic (exact) mass is 756 g/mol. The number of ether oxygens (including phenoxy) is 4. The molecule has 1 heterocycles. The molecule has 0 aromatic rings. The lowest BCUT2D eigenvalue weighted by atomic mass is 10.1. The third kappa shape index (κ3) is 27.3. The molecule has 1 N–H and O–H groups in total. The van der Waals surface area contributed by atoms with Crippen LogP contribution in [-0.4, -0.2) is 79.8 Å². The third-order valence-corrected chi connectivity index (χ3v) is 8.74. The fourth-order valence-corrected chi connectivity index (χ4v) is 5.79. The van der Waals surface area contributed by atoms with Gasteiger partial charge in [-0.3, -0.25) is 19.3 Å². The lowest BCUT2D eigenvalue weighted by molar-refractivity contribution is -0.177. The van der Waals surface area contributed by atoms with E-state index >= 15 is 0 Å². The SMILES string of the molecule is CC/C=C\C/C=C\C/C=C\CCCCCCCC(=O)OC1[C@H](O)O[C@H](COC(=O)CN(C)C)[C@@H]1OC(=O)CCCCCCC/C=C\C/C=C\C/C=C\CC. The Hall–Kier alpha value is -3.27. The summed E-state index contributed by atoms with van der Waals surface area (Å²) in [7, 11) is 3.49. The number of aliphatic hydroxyl groups is 1. The van der Waals surface area contributed by atoms with E-state index in [1.165, 1.54) is 0 Å². The standard InChI is InChI=1S/C45H73NO8/c1-5-7-9-11-13-15-17-19-21-23-25-27-29-31-33-35-40(47)53-43-39(38-51-42(49)37-46(3)4)52-45(50)44(43)54-41(48)36-34-32-30-28-26-24-22-20-18-16-14-12-10-8-6-2/h7-10,13-16,19-22,39,43-45,50H,5-6,11-12,17-18,23-38H2,1-4H3/b9-7-,10-8-,15-13-,16-14-,21-19-,22-20-/t39-,43+,44?,45-/m1/s1. The van der Waals surface area contributed by atoms with Crippen molar-refractivity contribution in [2.75, 3.05) is 27.2 Å². The summed E-state index contributed by atoms with van der Waals surface area (Å²) in [5.41, 5.74) is 0. The normalized spacial score (nSPS) is 19.2. The molecule has 1 fully saturated rings. The molecule has 0 saturated carbocycles. The molecule has 1 rings (SSSR count). The van der Waals surface area contributed by atoms with E-state index in [-0.39, 0.29) is 26.0 Å². The minimum atomic E-state index is -1.50. The Labute approximate surface area is 327 Å². The summed E-state index contributed by atoms with van der Waals surface area (Å²) in [6, 6.07) is 0. The Morgan fingerprint density at radius 2 is 0.963 bits per heavy atom. The van der Waals surface area contributed by atoms with Crippen LogP contribution < -0.4 is 0 Å². The van der Waals surface area contributed by atoms with E-state index in [2.05, 4.69) is 86.8 Å². The highest BCUT2D eigenvalue weighted by molar-refractivity contribution is 5.72. The number of esters is 3. The van der Waals surface area contributed by atoms with E-state index in [0.29, 0.717) is 12.8 Å². The minimum absolute atomic E-state index is 0.0642.